The van der Waals surface area contributed by atoms with Crippen molar-refractivity contribution in [3.63, 3.8) is 0 Å². The third-order valence-corrected chi connectivity index (χ3v) is 20.4. The molecule has 0 heterocycles. The second kappa shape index (κ2) is 22.2. The summed E-state index contributed by atoms with van der Waals surface area (Å²) < 4.78 is 6.80. The van der Waals surface area contributed by atoms with Gasteiger partial charge in [-0.1, -0.05) is 0 Å². The van der Waals surface area contributed by atoms with Crippen molar-refractivity contribution in [1.82, 2.24) is 0 Å². The molecule has 0 radical (unpaired) electrons. The van der Waals surface area contributed by atoms with E-state index in [-0.39, 0.29) is 0 Å². The zero-order valence-corrected chi connectivity index (χ0v) is 18.1. The first kappa shape index (κ1) is 25.8. The normalized spacial score (nSPS) is 9.90. The molecule has 0 N–H and O–H groups in total. The van der Waals surface area contributed by atoms with Crippen molar-refractivity contribution in [3.05, 3.63) is 0 Å². The van der Waals surface area contributed by atoms with Crippen molar-refractivity contribution in [2.45, 2.75) is 96.8 Å². The average molecular weight is 399 g/mol. The second-order valence-corrected chi connectivity index (χ2v) is 20.2. The Labute approximate surface area is 140 Å². The second-order valence-electron chi connectivity index (χ2n) is 5.91. The average Bonchev–Trinajstić information content (AvgIpc) is 2.57. The van der Waals surface area contributed by atoms with Gasteiger partial charge >= 0.3 is 115 Å². The fraction of sp³-hybridized carbons (Fsp3) is 0.800. The van der Waals surface area contributed by atoms with E-state index in [1.165, 1.54) is 51.4 Å². The summed E-state index contributed by atoms with van der Waals surface area (Å²) in [6.07, 6.45) is 27.8. The van der Waals surface area contributed by atoms with Gasteiger partial charge in [0.2, 0.25) is 0 Å². The fourth-order valence-corrected chi connectivity index (χ4v) is 19.8. The van der Waals surface area contributed by atoms with Crippen LogP contribution in [-0.2, 0) is 0 Å². The molecule has 0 atom stereocenters. The molecule has 0 aromatic carbocycles. The number of hydrogen-bond donors (Lipinski definition) is 0. The van der Waals surface area contributed by atoms with Crippen LogP contribution in [0.5, 0.6) is 0 Å². The van der Waals surface area contributed by atoms with Crippen LogP contribution < -0.4 is 0 Å². The topological polar surface area (TPSA) is 0 Å². The first-order chi connectivity index (χ1) is 10.2. The third-order valence-electron chi connectivity index (χ3n) is 4.24. The summed E-state index contributed by atoms with van der Waals surface area (Å²) >= 11 is -1.69. The van der Waals surface area contributed by atoms with Crippen molar-refractivity contribution in [3.8, 4) is 25.7 Å². The zero-order chi connectivity index (χ0) is 17.0. The molecule has 0 aliphatic heterocycles. The van der Waals surface area contributed by atoms with Crippen molar-refractivity contribution in [2.24, 2.45) is 0 Å². The van der Waals surface area contributed by atoms with Crippen LogP contribution in [0.25, 0.3) is 0 Å². The van der Waals surface area contributed by atoms with Gasteiger partial charge in [0, 0.05) is 0 Å². The minimum absolute atomic E-state index is 1.42. The van der Waals surface area contributed by atoms with Gasteiger partial charge in [0.05, 0.1) is 0 Å². The molecule has 0 fully saturated rings. The number of hydrogen-bond acceptors (Lipinski definition) is 0. The van der Waals surface area contributed by atoms with E-state index >= 15 is 0 Å². The van der Waals surface area contributed by atoms with E-state index < -0.39 is 18.4 Å². The summed E-state index contributed by atoms with van der Waals surface area (Å²) in [7, 11) is 0. The van der Waals surface area contributed by atoms with Gasteiger partial charge < -0.3 is 0 Å². The first-order valence-corrected chi connectivity index (χ1v) is 17.0. The molecule has 0 saturated heterocycles. The van der Waals surface area contributed by atoms with Gasteiger partial charge in [-0.15, -0.1) is 25.7 Å². The molecular formula is C20H40Sn. The summed E-state index contributed by atoms with van der Waals surface area (Å²) in [5.41, 5.74) is 0. The Hall–Kier alpha value is -0.0813. The summed E-state index contributed by atoms with van der Waals surface area (Å²) in [6.45, 7) is 9.48. The van der Waals surface area contributed by atoms with E-state index in [0.717, 1.165) is 0 Å². The standard InChI is InChI=1S/4C4H9.2C2H2.Sn/c4*1-3-4-2;2*1-2;/h4*1,3-4H2,2H3;2*1-2H;. The predicted octanol–water partition coefficient (Wildman–Crippen LogP) is 7.13. The fourth-order valence-electron chi connectivity index (χ4n) is 2.96. The summed E-state index contributed by atoms with van der Waals surface area (Å²) in [5.74, 6) is 0. The van der Waals surface area contributed by atoms with E-state index in [1.807, 2.05) is 0 Å². The molecule has 124 valence electrons. The number of terminal acetylenes is 2. The molecule has 0 aliphatic carbocycles. The van der Waals surface area contributed by atoms with Crippen LogP contribution in [-0.4, -0.2) is 18.4 Å². The molecular weight excluding hydrogens is 359 g/mol. The van der Waals surface area contributed by atoms with Crippen LogP contribution in [0.4, 0.5) is 0 Å². The molecule has 0 amide bonds. The van der Waals surface area contributed by atoms with E-state index in [2.05, 4.69) is 53.4 Å². The van der Waals surface area contributed by atoms with Crippen LogP contribution in [0.3, 0.4) is 0 Å². The van der Waals surface area contributed by atoms with Crippen LogP contribution in [0.15, 0.2) is 0 Å². The maximum atomic E-state index is 4.00. The molecule has 0 aliphatic rings. The van der Waals surface area contributed by atoms with Gasteiger partial charge in [-0.25, -0.2) is 0 Å². The first-order valence-electron chi connectivity index (χ1n) is 8.91. The monoisotopic (exact) mass is 400 g/mol. The molecule has 0 spiro atoms. The SMILES string of the molecule is C#C.C#C.CCC[CH2][Sn]([CH2]CCC)([CH2]CCC)[CH2]CCC. The van der Waals surface area contributed by atoms with Crippen LogP contribution >= 0.6 is 0 Å². The number of unbranched alkanes of at least 4 members (excludes halogenated alkanes) is 4. The molecule has 0 rings (SSSR count). The Bertz CT molecular complexity index is 171. The van der Waals surface area contributed by atoms with Crippen LogP contribution in [0.2, 0.25) is 17.7 Å². The minimum atomic E-state index is -1.69. The van der Waals surface area contributed by atoms with Crippen LogP contribution in [0.1, 0.15) is 79.1 Å². The van der Waals surface area contributed by atoms with Gasteiger partial charge in [0.25, 0.3) is 0 Å². The Morgan fingerprint density at radius 2 is 0.667 bits per heavy atom. The summed E-state index contributed by atoms with van der Waals surface area (Å²) in [6, 6.07) is 0. The van der Waals surface area contributed by atoms with E-state index in [4.69, 9.17) is 0 Å². The molecule has 1 heteroatoms. The summed E-state index contributed by atoms with van der Waals surface area (Å²) in [4.78, 5) is 0. The summed E-state index contributed by atoms with van der Waals surface area (Å²) in [5, 5.41) is 0. The van der Waals surface area contributed by atoms with E-state index in [9.17, 15) is 0 Å². The van der Waals surface area contributed by atoms with Crippen molar-refractivity contribution >= 4 is 18.4 Å². The van der Waals surface area contributed by atoms with Crippen molar-refractivity contribution < 1.29 is 0 Å². The molecule has 0 saturated carbocycles. The molecule has 0 aromatic heterocycles. The van der Waals surface area contributed by atoms with Crippen LogP contribution in [0, 0.1) is 25.7 Å². The van der Waals surface area contributed by atoms with Gasteiger partial charge in [-0.3, -0.25) is 0 Å². The van der Waals surface area contributed by atoms with Crippen molar-refractivity contribution in [2.75, 3.05) is 0 Å². The van der Waals surface area contributed by atoms with Crippen molar-refractivity contribution in [1.29, 1.82) is 0 Å². The zero-order valence-electron chi connectivity index (χ0n) is 15.3. The van der Waals surface area contributed by atoms with Gasteiger partial charge in [-0.2, -0.15) is 0 Å². The molecule has 0 bridgehead atoms. The Morgan fingerprint density at radius 3 is 0.810 bits per heavy atom. The predicted molar refractivity (Wildman–Crippen MR) is 104 cm³/mol. The van der Waals surface area contributed by atoms with E-state index in [1.54, 1.807) is 17.7 Å². The molecule has 21 heavy (non-hydrogen) atoms. The van der Waals surface area contributed by atoms with Gasteiger partial charge in [0.1, 0.15) is 0 Å². The Morgan fingerprint density at radius 1 is 0.476 bits per heavy atom. The Kier molecular flexibility index (Phi) is 27.3. The number of rotatable bonds is 12. The molecule has 0 unspecified atom stereocenters. The molecule has 0 aromatic rings. The maximum absolute atomic E-state index is 4.00. The van der Waals surface area contributed by atoms with Gasteiger partial charge in [0.15, 0.2) is 0 Å². The third kappa shape index (κ3) is 16.1. The van der Waals surface area contributed by atoms with Gasteiger partial charge in [-0.05, 0) is 0 Å². The van der Waals surface area contributed by atoms with E-state index in [0.29, 0.717) is 0 Å². The molecule has 0 nitrogen and oxygen atoms in total. The Balaban J connectivity index is -0.000000739. The quantitative estimate of drug-likeness (QED) is 0.242.